The van der Waals surface area contributed by atoms with Crippen LogP contribution in [0.2, 0.25) is 0 Å². The van der Waals surface area contributed by atoms with Crippen LogP contribution in [-0.4, -0.2) is 81.2 Å². The van der Waals surface area contributed by atoms with Crippen LogP contribution in [0, 0.1) is 0 Å². The summed E-state index contributed by atoms with van der Waals surface area (Å²) in [5.41, 5.74) is 0. The van der Waals surface area contributed by atoms with E-state index in [1.807, 2.05) is 33.3 Å². The Bertz CT molecular complexity index is 1390. The first-order valence-corrected chi connectivity index (χ1v) is 25.0. The normalized spacial score (nSPS) is 14.9. The van der Waals surface area contributed by atoms with E-state index in [9.17, 15) is 24.2 Å². The second kappa shape index (κ2) is 41.9. The van der Waals surface area contributed by atoms with Gasteiger partial charge in [-0.15, -0.1) is 0 Å². The molecule has 0 saturated heterocycles. The van der Waals surface area contributed by atoms with Gasteiger partial charge in [0, 0.05) is 12.8 Å². The molecular formula is C51H86NO9P. The van der Waals surface area contributed by atoms with Gasteiger partial charge in [-0.05, 0) is 83.5 Å². The van der Waals surface area contributed by atoms with Crippen molar-refractivity contribution in [3.63, 3.8) is 0 Å². The first-order valence-electron chi connectivity index (χ1n) is 23.6. The number of aliphatic hydroxyl groups excluding tert-OH is 1. The van der Waals surface area contributed by atoms with E-state index in [1.54, 1.807) is 12.2 Å². The molecule has 0 aromatic heterocycles. The highest BCUT2D eigenvalue weighted by Crippen LogP contribution is 2.38. The number of likely N-dealkylation sites (N-methyl/N-ethyl adjacent to an activating group) is 1. The van der Waals surface area contributed by atoms with Crippen LogP contribution < -0.4 is 4.89 Å². The number of allylic oxidation sites excluding steroid dienone is 15. The first-order chi connectivity index (χ1) is 29.9. The molecule has 0 spiro atoms. The Morgan fingerprint density at radius 2 is 1.13 bits per heavy atom. The molecule has 0 radical (unpaired) electrons. The number of esters is 2. The van der Waals surface area contributed by atoms with E-state index in [4.69, 9.17) is 18.5 Å². The Morgan fingerprint density at radius 3 is 1.71 bits per heavy atom. The lowest BCUT2D eigenvalue weighted by Crippen LogP contribution is -2.37. The highest BCUT2D eigenvalue weighted by atomic mass is 31.2. The summed E-state index contributed by atoms with van der Waals surface area (Å²) >= 11 is 0. The van der Waals surface area contributed by atoms with Gasteiger partial charge in [-0.25, -0.2) is 0 Å². The van der Waals surface area contributed by atoms with Gasteiger partial charge < -0.3 is 33.0 Å². The van der Waals surface area contributed by atoms with Crippen molar-refractivity contribution < 1.29 is 47.2 Å². The van der Waals surface area contributed by atoms with Gasteiger partial charge in [0.1, 0.15) is 19.8 Å². The van der Waals surface area contributed by atoms with E-state index >= 15 is 0 Å². The van der Waals surface area contributed by atoms with Crippen LogP contribution in [0.5, 0.6) is 0 Å². The van der Waals surface area contributed by atoms with Crippen LogP contribution in [0.15, 0.2) is 97.2 Å². The molecule has 0 heterocycles. The summed E-state index contributed by atoms with van der Waals surface area (Å²) < 4.78 is 33.8. The van der Waals surface area contributed by atoms with Crippen molar-refractivity contribution in [2.45, 2.75) is 167 Å². The molecule has 2 unspecified atom stereocenters. The second-order valence-corrected chi connectivity index (χ2v) is 18.0. The fourth-order valence-corrected chi connectivity index (χ4v) is 6.48. The van der Waals surface area contributed by atoms with E-state index in [0.29, 0.717) is 30.3 Å². The molecule has 0 aliphatic rings. The fourth-order valence-electron chi connectivity index (χ4n) is 5.75. The molecule has 0 fully saturated rings. The number of ether oxygens (including phenoxy) is 2. The van der Waals surface area contributed by atoms with Gasteiger partial charge in [0.05, 0.1) is 33.9 Å². The molecule has 10 nitrogen and oxygen atoms in total. The van der Waals surface area contributed by atoms with Crippen molar-refractivity contribution in [2.75, 3.05) is 47.5 Å². The minimum Gasteiger partial charge on any atom is -0.756 e. The maximum Gasteiger partial charge on any atom is 0.306 e. The molecule has 62 heavy (non-hydrogen) atoms. The lowest BCUT2D eigenvalue weighted by atomic mass is 10.1. The predicted molar refractivity (Wildman–Crippen MR) is 255 cm³/mol. The average molecular weight is 888 g/mol. The Labute approximate surface area is 377 Å². The smallest absolute Gasteiger partial charge is 0.306 e. The number of quaternary nitrogens is 1. The highest BCUT2D eigenvalue weighted by molar-refractivity contribution is 7.45. The molecule has 1 N–H and O–H groups in total. The lowest BCUT2D eigenvalue weighted by Gasteiger charge is -2.28. The van der Waals surface area contributed by atoms with Gasteiger partial charge in [0.25, 0.3) is 7.82 Å². The molecule has 0 aliphatic carbocycles. The first kappa shape index (κ1) is 58.9. The monoisotopic (exact) mass is 888 g/mol. The zero-order chi connectivity index (χ0) is 45.8. The zero-order valence-corrected chi connectivity index (χ0v) is 40.3. The minimum absolute atomic E-state index is 0.0373. The van der Waals surface area contributed by atoms with E-state index in [0.717, 1.165) is 77.0 Å². The number of hydrogen-bond donors (Lipinski definition) is 1. The van der Waals surface area contributed by atoms with Crippen LogP contribution in [0.3, 0.4) is 0 Å². The molecule has 0 bridgehead atoms. The van der Waals surface area contributed by atoms with Crippen molar-refractivity contribution in [2.24, 2.45) is 0 Å². The van der Waals surface area contributed by atoms with Gasteiger partial charge in [-0.1, -0.05) is 156 Å². The molecule has 0 saturated carbocycles. The lowest BCUT2D eigenvalue weighted by molar-refractivity contribution is -0.870. The van der Waals surface area contributed by atoms with E-state index in [-0.39, 0.29) is 26.1 Å². The van der Waals surface area contributed by atoms with Crippen LogP contribution in [0.25, 0.3) is 0 Å². The van der Waals surface area contributed by atoms with Crippen molar-refractivity contribution in [1.29, 1.82) is 0 Å². The number of rotatable bonds is 41. The van der Waals surface area contributed by atoms with Crippen LogP contribution in [-0.2, 0) is 32.7 Å². The highest BCUT2D eigenvalue weighted by Gasteiger charge is 2.22. The summed E-state index contributed by atoms with van der Waals surface area (Å²) in [5.74, 6) is -1.06. The predicted octanol–water partition coefficient (Wildman–Crippen LogP) is 12.1. The summed E-state index contributed by atoms with van der Waals surface area (Å²) in [6.45, 7) is 3.83. The van der Waals surface area contributed by atoms with E-state index < -0.39 is 38.6 Å². The van der Waals surface area contributed by atoms with Crippen LogP contribution >= 0.6 is 7.82 Å². The largest absolute Gasteiger partial charge is 0.756 e. The third-order valence-electron chi connectivity index (χ3n) is 9.44. The summed E-state index contributed by atoms with van der Waals surface area (Å²) in [5, 5.41) is 10.3. The SMILES string of the molecule is CC/C=C\C/C=C\C/C=C\C/C=C\C=C\C(O)CCCC(=O)OC[C@H](COP(=O)([O-])OCC[N+](C)(C)C)OC(=O)CCCCCCCC/C=C\C/C=C\C/C=C\CCCCCC. The summed E-state index contributed by atoms with van der Waals surface area (Å²) in [4.78, 5) is 37.6. The van der Waals surface area contributed by atoms with Crippen molar-refractivity contribution >= 4 is 19.8 Å². The fraction of sp³-hybridized carbons (Fsp3) is 0.647. The number of unbranched alkanes of at least 4 members (excludes halogenated alkanes) is 10. The Balaban J connectivity index is 4.54. The van der Waals surface area contributed by atoms with Crippen molar-refractivity contribution in [3.8, 4) is 0 Å². The molecule has 0 aromatic carbocycles. The Morgan fingerprint density at radius 1 is 0.613 bits per heavy atom. The topological polar surface area (TPSA) is 131 Å². The third-order valence-corrected chi connectivity index (χ3v) is 10.4. The number of aliphatic hydroxyl groups is 1. The standard InChI is InChI=1S/C51H86NO9P/c1-6-8-10-12-14-16-18-20-21-22-23-24-25-26-28-30-32-34-36-38-42-51(55)61-49(47-60-62(56,57)59-45-44-52(3,4)5)46-58-50(54)43-39-41-48(53)40-37-35-33-31-29-27-19-17-15-13-11-9-7-2/h9,11,15-18,21-22,24-25,27,29,33,35,37,40,48-49,53H,6-8,10,12-14,19-20,23,26,28,30-32,34,36,38-39,41-47H2,1-5H3/b11-9-,17-15-,18-16-,22-21-,25-24-,29-27-,35-33-,40-37+/t48?,49-/m1/s1. The third kappa shape index (κ3) is 44.9. The van der Waals surface area contributed by atoms with Gasteiger partial charge in [-0.2, -0.15) is 0 Å². The summed E-state index contributed by atoms with van der Waals surface area (Å²) in [7, 11) is 1.04. The molecular weight excluding hydrogens is 802 g/mol. The zero-order valence-electron chi connectivity index (χ0n) is 39.4. The molecule has 0 aliphatic heterocycles. The quantitative estimate of drug-likeness (QED) is 0.0159. The Kier molecular flexibility index (Phi) is 39.8. The maximum absolute atomic E-state index is 12.7. The molecule has 354 valence electrons. The van der Waals surface area contributed by atoms with E-state index in [1.165, 1.54) is 32.1 Å². The van der Waals surface area contributed by atoms with Crippen molar-refractivity contribution in [3.05, 3.63) is 97.2 Å². The number of carbonyl (C=O) groups excluding carboxylic acids is 2. The molecule has 0 rings (SSSR count). The Hall–Kier alpha value is -3.11. The maximum atomic E-state index is 12.7. The molecule has 3 atom stereocenters. The number of hydrogen-bond acceptors (Lipinski definition) is 9. The van der Waals surface area contributed by atoms with Crippen molar-refractivity contribution in [1.82, 2.24) is 0 Å². The molecule has 0 amide bonds. The van der Waals surface area contributed by atoms with Gasteiger partial charge in [0.15, 0.2) is 6.10 Å². The van der Waals surface area contributed by atoms with Crippen LogP contribution in [0.4, 0.5) is 0 Å². The average Bonchev–Trinajstić information content (AvgIpc) is 3.22. The van der Waals surface area contributed by atoms with Gasteiger partial charge in [0.2, 0.25) is 0 Å². The van der Waals surface area contributed by atoms with E-state index in [2.05, 4.69) is 86.8 Å². The molecule has 11 heteroatoms. The minimum atomic E-state index is -4.68. The number of phosphoric ester groups is 1. The van der Waals surface area contributed by atoms with Crippen LogP contribution in [0.1, 0.15) is 155 Å². The van der Waals surface area contributed by atoms with Gasteiger partial charge >= 0.3 is 11.9 Å². The summed E-state index contributed by atoms with van der Waals surface area (Å²) in [6.07, 6.45) is 51.8. The van der Waals surface area contributed by atoms with Gasteiger partial charge in [-0.3, -0.25) is 14.2 Å². The second-order valence-electron chi connectivity index (χ2n) is 16.6. The number of nitrogens with zero attached hydrogens (tertiary/aromatic N) is 1. The molecule has 0 aromatic rings. The number of phosphoric acid groups is 1. The number of carbonyl (C=O) groups is 2. The summed E-state index contributed by atoms with van der Waals surface area (Å²) in [6, 6.07) is 0.